The van der Waals surface area contributed by atoms with Crippen LogP contribution in [-0.4, -0.2) is 26.7 Å². The van der Waals surface area contributed by atoms with Crippen molar-refractivity contribution in [3.63, 3.8) is 0 Å². The Morgan fingerprint density at radius 2 is 1.95 bits per heavy atom. The van der Waals surface area contributed by atoms with Gasteiger partial charge < -0.3 is 9.84 Å². The zero-order chi connectivity index (χ0) is 14.6. The Balaban J connectivity index is 3.14. The molecule has 0 saturated heterocycles. The fourth-order valence-corrected chi connectivity index (χ4v) is 3.02. The van der Waals surface area contributed by atoms with Gasteiger partial charge in [-0.2, -0.15) is 0 Å². The number of methoxy groups -OCH3 is 1. The van der Waals surface area contributed by atoms with E-state index >= 15 is 0 Å². The van der Waals surface area contributed by atoms with Crippen molar-refractivity contribution in [1.29, 1.82) is 0 Å². The largest absolute Gasteiger partial charge is 0.495 e. The standard InChI is InChI=1S/C13H21NO4S/c1-9(2)10(3)14-19(16,17)13-6-5-11(8-15)7-12(13)18-4/h5-7,9-10,14-15H,8H2,1-4H3. The molecule has 108 valence electrons. The van der Waals surface area contributed by atoms with Gasteiger partial charge in [-0.3, -0.25) is 0 Å². The van der Waals surface area contributed by atoms with E-state index in [1.54, 1.807) is 6.07 Å². The van der Waals surface area contributed by atoms with Gasteiger partial charge in [0.1, 0.15) is 10.6 Å². The predicted molar refractivity (Wildman–Crippen MR) is 73.5 cm³/mol. The first kappa shape index (κ1) is 15.9. The Morgan fingerprint density at radius 3 is 2.42 bits per heavy atom. The minimum Gasteiger partial charge on any atom is -0.495 e. The summed E-state index contributed by atoms with van der Waals surface area (Å²) in [5.41, 5.74) is 0.604. The molecule has 0 heterocycles. The zero-order valence-corrected chi connectivity index (χ0v) is 12.5. The highest BCUT2D eigenvalue weighted by Crippen LogP contribution is 2.25. The molecule has 19 heavy (non-hydrogen) atoms. The van der Waals surface area contributed by atoms with Crippen molar-refractivity contribution >= 4 is 10.0 Å². The average molecular weight is 287 g/mol. The normalized spacial score (nSPS) is 13.6. The molecule has 0 fully saturated rings. The fourth-order valence-electron chi connectivity index (χ4n) is 1.48. The predicted octanol–water partition coefficient (Wildman–Crippen LogP) is 1.51. The van der Waals surface area contributed by atoms with E-state index < -0.39 is 10.0 Å². The molecule has 1 unspecified atom stereocenters. The molecular formula is C13H21NO4S. The Kier molecular flexibility index (Phi) is 5.34. The second-order valence-corrected chi connectivity index (χ2v) is 6.48. The van der Waals surface area contributed by atoms with Gasteiger partial charge in [-0.25, -0.2) is 13.1 Å². The van der Waals surface area contributed by atoms with Crippen molar-refractivity contribution in [3.05, 3.63) is 23.8 Å². The molecular weight excluding hydrogens is 266 g/mol. The van der Waals surface area contributed by atoms with Gasteiger partial charge in [0.2, 0.25) is 10.0 Å². The molecule has 6 heteroatoms. The molecule has 0 aromatic heterocycles. The molecule has 0 saturated carbocycles. The number of nitrogens with one attached hydrogen (secondary N) is 1. The number of hydrogen-bond donors (Lipinski definition) is 2. The molecule has 0 aliphatic carbocycles. The molecule has 0 bridgehead atoms. The number of ether oxygens (including phenoxy) is 1. The Labute approximate surface area is 114 Å². The highest BCUT2D eigenvalue weighted by atomic mass is 32.2. The summed E-state index contributed by atoms with van der Waals surface area (Å²) < 4.78 is 32.2. The maximum absolute atomic E-state index is 12.3. The summed E-state index contributed by atoms with van der Waals surface area (Å²) in [7, 11) is -2.22. The molecule has 1 atom stereocenters. The number of aliphatic hydroxyl groups excluding tert-OH is 1. The van der Waals surface area contributed by atoms with Crippen LogP contribution in [0.4, 0.5) is 0 Å². The number of hydrogen-bond acceptors (Lipinski definition) is 4. The number of aliphatic hydroxyl groups is 1. The van der Waals surface area contributed by atoms with Crippen LogP contribution in [0.5, 0.6) is 5.75 Å². The summed E-state index contributed by atoms with van der Waals surface area (Å²) in [5.74, 6) is 0.424. The van der Waals surface area contributed by atoms with Crippen LogP contribution in [0.25, 0.3) is 0 Å². The molecule has 5 nitrogen and oxygen atoms in total. The van der Waals surface area contributed by atoms with Gasteiger partial charge in [-0.05, 0) is 30.5 Å². The minimum absolute atomic E-state index is 0.0831. The fraction of sp³-hybridized carbons (Fsp3) is 0.538. The monoisotopic (exact) mass is 287 g/mol. The number of sulfonamides is 1. The third kappa shape index (κ3) is 3.92. The van der Waals surface area contributed by atoms with Crippen LogP contribution in [0.15, 0.2) is 23.1 Å². The first-order valence-corrected chi connectivity index (χ1v) is 7.60. The first-order chi connectivity index (χ1) is 8.81. The maximum atomic E-state index is 12.3. The van der Waals surface area contributed by atoms with E-state index in [2.05, 4.69) is 4.72 Å². The molecule has 0 radical (unpaired) electrons. The molecule has 2 N–H and O–H groups in total. The molecule has 1 aromatic rings. The maximum Gasteiger partial charge on any atom is 0.244 e. The molecule has 0 aliphatic rings. The number of benzene rings is 1. The van der Waals surface area contributed by atoms with Gasteiger partial charge in [0.15, 0.2) is 0 Å². The molecule has 1 aromatic carbocycles. The molecule has 0 spiro atoms. The lowest BCUT2D eigenvalue weighted by Gasteiger charge is -2.18. The quantitative estimate of drug-likeness (QED) is 0.831. The van der Waals surface area contributed by atoms with Gasteiger partial charge in [-0.1, -0.05) is 19.9 Å². The summed E-state index contributed by atoms with van der Waals surface area (Å²) in [6.45, 7) is 5.54. The second kappa shape index (κ2) is 6.36. The summed E-state index contributed by atoms with van der Waals surface area (Å²) in [4.78, 5) is 0.0831. The summed E-state index contributed by atoms with van der Waals surface area (Å²) >= 11 is 0. The Bertz CT molecular complexity index is 525. The van der Waals surface area contributed by atoms with E-state index in [0.717, 1.165) is 0 Å². The van der Waals surface area contributed by atoms with Gasteiger partial charge in [0.05, 0.1) is 13.7 Å². The van der Waals surface area contributed by atoms with Crippen LogP contribution >= 0.6 is 0 Å². The van der Waals surface area contributed by atoms with E-state index in [1.165, 1.54) is 19.2 Å². The lowest BCUT2D eigenvalue weighted by Crippen LogP contribution is -2.36. The van der Waals surface area contributed by atoms with Gasteiger partial charge in [0.25, 0.3) is 0 Å². The zero-order valence-electron chi connectivity index (χ0n) is 11.7. The minimum atomic E-state index is -3.63. The van der Waals surface area contributed by atoms with Crippen LogP contribution < -0.4 is 9.46 Å². The summed E-state index contributed by atoms with van der Waals surface area (Å²) in [5, 5.41) is 9.05. The third-order valence-electron chi connectivity index (χ3n) is 3.04. The molecule has 0 amide bonds. The van der Waals surface area contributed by atoms with Crippen molar-refractivity contribution in [2.75, 3.05) is 7.11 Å². The van der Waals surface area contributed by atoms with Crippen molar-refractivity contribution in [3.8, 4) is 5.75 Å². The lowest BCUT2D eigenvalue weighted by atomic mass is 10.1. The van der Waals surface area contributed by atoms with Crippen LogP contribution in [0, 0.1) is 5.92 Å². The smallest absolute Gasteiger partial charge is 0.244 e. The van der Waals surface area contributed by atoms with Crippen LogP contribution in [0.3, 0.4) is 0 Å². The highest BCUT2D eigenvalue weighted by molar-refractivity contribution is 7.89. The highest BCUT2D eigenvalue weighted by Gasteiger charge is 2.23. The van der Waals surface area contributed by atoms with Crippen molar-refractivity contribution in [2.45, 2.75) is 38.3 Å². The van der Waals surface area contributed by atoms with Gasteiger partial charge >= 0.3 is 0 Å². The second-order valence-electron chi connectivity index (χ2n) is 4.80. The summed E-state index contributed by atoms with van der Waals surface area (Å²) in [6, 6.07) is 4.36. The first-order valence-electron chi connectivity index (χ1n) is 6.12. The van der Waals surface area contributed by atoms with Crippen LogP contribution in [0.1, 0.15) is 26.3 Å². The van der Waals surface area contributed by atoms with Crippen molar-refractivity contribution in [1.82, 2.24) is 4.72 Å². The van der Waals surface area contributed by atoms with E-state index in [1.807, 2.05) is 20.8 Å². The molecule has 1 rings (SSSR count). The summed E-state index contributed by atoms with van der Waals surface area (Å²) in [6.07, 6.45) is 0. The average Bonchev–Trinajstić information content (AvgIpc) is 2.37. The third-order valence-corrected chi connectivity index (χ3v) is 4.64. The van der Waals surface area contributed by atoms with Crippen molar-refractivity contribution in [2.24, 2.45) is 5.92 Å². The Morgan fingerprint density at radius 1 is 1.32 bits per heavy atom. The van der Waals surface area contributed by atoms with E-state index in [9.17, 15) is 8.42 Å². The van der Waals surface area contributed by atoms with E-state index in [0.29, 0.717) is 5.56 Å². The van der Waals surface area contributed by atoms with Crippen LogP contribution in [-0.2, 0) is 16.6 Å². The Hall–Kier alpha value is -1.11. The SMILES string of the molecule is COc1cc(CO)ccc1S(=O)(=O)NC(C)C(C)C. The van der Waals surface area contributed by atoms with Gasteiger partial charge in [-0.15, -0.1) is 0 Å². The van der Waals surface area contributed by atoms with Gasteiger partial charge in [0, 0.05) is 6.04 Å². The van der Waals surface area contributed by atoms with E-state index in [-0.39, 0.29) is 29.2 Å². The number of rotatable bonds is 6. The molecule has 0 aliphatic heterocycles. The lowest BCUT2D eigenvalue weighted by molar-refractivity contribution is 0.280. The van der Waals surface area contributed by atoms with Crippen LogP contribution in [0.2, 0.25) is 0 Å². The van der Waals surface area contributed by atoms with Crippen molar-refractivity contribution < 1.29 is 18.3 Å². The topological polar surface area (TPSA) is 75.6 Å². The van der Waals surface area contributed by atoms with E-state index in [4.69, 9.17) is 9.84 Å².